The number of nitrogens with zero attached hydrogens (tertiary/aromatic N) is 3. The van der Waals surface area contributed by atoms with E-state index in [1.807, 2.05) is 61.5 Å². The highest BCUT2D eigenvalue weighted by molar-refractivity contribution is 6.32. The first-order valence-electron chi connectivity index (χ1n) is 11.4. The number of hydrogen-bond acceptors (Lipinski definition) is 5. The molecule has 1 heterocycles. The molecule has 172 valence electrons. The second kappa shape index (κ2) is 10.7. The fraction of sp³-hybridized carbons (Fsp3) is 0.346. The number of benzene rings is 2. The molecule has 0 unspecified atom stereocenters. The van der Waals surface area contributed by atoms with Gasteiger partial charge in [-0.15, -0.1) is 0 Å². The van der Waals surface area contributed by atoms with Crippen LogP contribution in [0.5, 0.6) is 0 Å². The van der Waals surface area contributed by atoms with Crippen molar-refractivity contribution in [2.45, 2.75) is 31.7 Å². The van der Waals surface area contributed by atoms with Crippen LogP contribution in [0.3, 0.4) is 0 Å². The van der Waals surface area contributed by atoms with E-state index >= 15 is 0 Å². The normalized spacial score (nSPS) is 18.4. The summed E-state index contributed by atoms with van der Waals surface area (Å²) in [5.41, 5.74) is 1.79. The molecule has 7 heteroatoms. The highest BCUT2D eigenvalue weighted by atomic mass is 35.5. The molecule has 1 aliphatic rings. The number of nitrogens with one attached hydrogen (secondary N) is 2. The third-order valence-electron chi connectivity index (χ3n) is 6.07. The van der Waals surface area contributed by atoms with Gasteiger partial charge in [-0.1, -0.05) is 41.9 Å². The molecule has 2 N–H and O–H groups in total. The van der Waals surface area contributed by atoms with Gasteiger partial charge in [-0.3, -0.25) is 4.79 Å². The lowest BCUT2D eigenvalue weighted by molar-refractivity contribution is -0.116. The highest BCUT2D eigenvalue weighted by Gasteiger charge is 2.22. The molecular formula is C26H30ClN5O. The average molecular weight is 464 g/mol. The van der Waals surface area contributed by atoms with Crippen molar-refractivity contribution in [2.75, 3.05) is 30.9 Å². The zero-order chi connectivity index (χ0) is 23.2. The minimum Gasteiger partial charge on any atom is -0.362 e. The van der Waals surface area contributed by atoms with E-state index in [-0.39, 0.29) is 5.91 Å². The number of aromatic nitrogens is 2. The minimum absolute atomic E-state index is 0.0871. The van der Waals surface area contributed by atoms with Gasteiger partial charge in [-0.2, -0.15) is 4.98 Å². The predicted molar refractivity (Wildman–Crippen MR) is 137 cm³/mol. The largest absolute Gasteiger partial charge is 0.362 e. The quantitative estimate of drug-likeness (QED) is 0.474. The third-order valence-corrected chi connectivity index (χ3v) is 6.42. The molecule has 0 spiro atoms. The van der Waals surface area contributed by atoms with E-state index in [0.29, 0.717) is 29.5 Å². The van der Waals surface area contributed by atoms with Crippen LogP contribution in [-0.2, 0) is 4.79 Å². The molecule has 3 aromatic rings. The second-order valence-corrected chi connectivity index (χ2v) is 9.15. The van der Waals surface area contributed by atoms with Crippen LogP contribution >= 0.6 is 11.6 Å². The Morgan fingerprint density at radius 3 is 2.55 bits per heavy atom. The summed E-state index contributed by atoms with van der Waals surface area (Å²) in [5, 5.41) is 8.26. The lowest BCUT2D eigenvalue weighted by atomic mass is 9.86. The van der Waals surface area contributed by atoms with Gasteiger partial charge in [-0.05, 0) is 61.4 Å². The molecule has 0 bridgehead atoms. The topological polar surface area (TPSA) is 70.2 Å². The smallest absolute Gasteiger partial charge is 0.244 e. The van der Waals surface area contributed by atoms with E-state index in [2.05, 4.69) is 16.7 Å². The average Bonchev–Trinajstić information content (AvgIpc) is 2.82. The van der Waals surface area contributed by atoms with Crippen molar-refractivity contribution in [3.63, 3.8) is 0 Å². The molecular weight excluding hydrogens is 434 g/mol. The van der Waals surface area contributed by atoms with Crippen LogP contribution in [0.15, 0.2) is 54.6 Å². The summed E-state index contributed by atoms with van der Waals surface area (Å²) < 4.78 is 0. The first-order valence-corrected chi connectivity index (χ1v) is 11.8. The van der Waals surface area contributed by atoms with Gasteiger partial charge in [0.25, 0.3) is 0 Å². The van der Waals surface area contributed by atoms with E-state index in [9.17, 15) is 4.79 Å². The standard InChI is InChI=1S/C26H30ClN5O/c1-32(2)25-21-8-4-6-10-23(21)30-26(31-25)29-20-14-11-18(12-15-20)17-28-24(33)16-13-19-7-3-5-9-22(19)27/h3-10,13,16,18,20H,11-12,14-15,17H2,1-2H3,(H,28,33)(H,29,30,31)/b16-13+/t18-,20+. The van der Waals surface area contributed by atoms with Gasteiger partial charge in [-0.25, -0.2) is 4.98 Å². The molecule has 0 radical (unpaired) electrons. The van der Waals surface area contributed by atoms with Crippen molar-refractivity contribution < 1.29 is 4.79 Å². The van der Waals surface area contributed by atoms with Gasteiger partial charge < -0.3 is 15.5 Å². The summed E-state index contributed by atoms with van der Waals surface area (Å²) >= 11 is 6.13. The number of halogens is 1. The number of hydrogen-bond donors (Lipinski definition) is 2. The molecule has 0 aliphatic heterocycles. The first kappa shape index (κ1) is 23.1. The molecule has 1 amide bonds. The summed E-state index contributed by atoms with van der Waals surface area (Å²) in [4.78, 5) is 23.7. The lowest BCUT2D eigenvalue weighted by Gasteiger charge is -2.29. The van der Waals surface area contributed by atoms with Crippen molar-refractivity contribution in [3.8, 4) is 0 Å². The molecule has 0 saturated heterocycles. The Labute approximate surface area is 200 Å². The maximum absolute atomic E-state index is 12.2. The van der Waals surface area contributed by atoms with Crippen molar-refractivity contribution in [1.82, 2.24) is 15.3 Å². The van der Waals surface area contributed by atoms with Crippen molar-refractivity contribution in [2.24, 2.45) is 5.92 Å². The molecule has 1 saturated carbocycles. The van der Waals surface area contributed by atoms with Crippen LogP contribution in [0.25, 0.3) is 17.0 Å². The molecule has 2 aromatic carbocycles. The van der Waals surface area contributed by atoms with E-state index < -0.39 is 0 Å². The summed E-state index contributed by atoms with van der Waals surface area (Å²) in [6, 6.07) is 15.9. The van der Waals surface area contributed by atoms with Crippen LogP contribution in [0.2, 0.25) is 5.02 Å². The summed E-state index contributed by atoms with van der Waals surface area (Å²) in [5.74, 6) is 2.00. The fourth-order valence-electron chi connectivity index (χ4n) is 4.24. The van der Waals surface area contributed by atoms with Gasteiger partial charge >= 0.3 is 0 Å². The third kappa shape index (κ3) is 6.02. The van der Waals surface area contributed by atoms with Gasteiger partial charge in [0.2, 0.25) is 11.9 Å². The number of fused-ring (bicyclic) bond motifs is 1. The Kier molecular flexibility index (Phi) is 7.45. The number of anilines is 2. The molecule has 4 rings (SSSR count). The van der Waals surface area contributed by atoms with Crippen molar-refractivity contribution in [1.29, 1.82) is 0 Å². The van der Waals surface area contributed by atoms with Gasteiger partial charge in [0.05, 0.1) is 5.52 Å². The van der Waals surface area contributed by atoms with Gasteiger partial charge in [0.1, 0.15) is 5.82 Å². The molecule has 6 nitrogen and oxygen atoms in total. The minimum atomic E-state index is -0.0871. The molecule has 1 fully saturated rings. The van der Waals surface area contributed by atoms with Crippen LogP contribution in [-0.4, -0.2) is 42.6 Å². The Balaban J connectivity index is 1.27. The van der Waals surface area contributed by atoms with E-state index in [0.717, 1.165) is 48.0 Å². The van der Waals surface area contributed by atoms with Crippen LogP contribution in [0.1, 0.15) is 31.2 Å². The number of para-hydroxylation sites is 1. The maximum Gasteiger partial charge on any atom is 0.244 e. The number of rotatable bonds is 7. The number of carbonyl (C=O) groups excluding carboxylic acids is 1. The lowest BCUT2D eigenvalue weighted by Crippen LogP contribution is -2.33. The molecule has 33 heavy (non-hydrogen) atoms. The number of amides is 1. The monoisotopic (exact) mass is 463 g/mol. The Bertz CT molecular complexity index is 1140. The molecule has 1 aromatic heterocycles. The SMILES string of the molecule is CN(C)c1nc(N[C@H]2CC[C@@H](CNC(=O)/C=C/c3ccccc3Cl)CC2)nc2ccccc12. The van der Waals surface area contributed by atoms with E-state index in [1.54, 1.807) is 12.2 Å². The Morgan fingerprint density at radius 1 is 1.06 bits per heavy atom. The van der Waals surface area contributed by atoms with Crippen molar-refractivity contribution in [3.05, 3.63) is 65.2 Å². The first-order chi connectivity index (χ1) is 16.0. The Hall–Kier alpha value is -3.12. The van der Waals surface area contributed by atoms with Crippen molar-refractivity contribution >= 4 is 46.3 Å². The van der Waals surface area contributed by atoms with E-state index in [1.165, 1.54) is 0 Å². The summed E-state index contributed by atoms with van der Waals surface area (Å²) in [6.45, 7) is 0.690. The summed E-state index contributed by atoms with van der Waals surface area (Å²) in [7, 11) is 4.00. The van der Waals surface area contributed by atoms with Gasteiger partial charge in [0, 0.05) is 43.2 Å². The fourth-order valence-corrected chi connectivity index (χ4v) is 4.44. The molecule has 1 aliphatic carbocycles. The molecule has 0 atom stereocenters. The second-order valence-electron chi connectivity index (χ2n) is 8.74. The summed E-state index contributed by atoms with van der Waals surface area (Å²) in [6.07, 6.45) is 7.48. The Morgan fingerprint density at radius 2 is 1.79 bits per heavy atom. The van der Waals surface area contributed by atoms with Crippen LogP contribution in [0.4, 0.5) is 11.8 Å². The number of carbonyl (C=O) groups is 1. The van der Waals surface area contributed by atoms with E-state index in [4.69, 9.17) is 21.6 Å². The predicted octanol–water partition coefficient (Wildman–Crippen LogP) is 5.15. The van der Waals surface area contributed by atoms with Crippen LogP contribution in [0, 0.1) is 5.92 Å². The maximum atomic E-state index is 12.2. The van der Waals surface area contributed by atoms with Gasteiger partial charge in [0.15, 0.2) is 0 Å². The zero-order valence-electron chi connectivity index (χ0n) is 19.1. The van der Waals surface area contributed by atoms with Crippen LogP contribution < -0.4 is 15.5 Å². The zero-order valence-corrected chi connectivity index (χ0v) is 19.8. The highest BCUT2D eigenvalue weighted by Crippen LogP contribution is 2.28.